The maximum absolute atomic E-state index is 13.6. The monoisotopic (exact) mass is 289 g/mol. The lowest BCUT2D eigenvalue weighted by atomic mass is 10.1. The van der Waals surface area contributed by atoms with Crippen LogP contribution in [0.15, 0.2) is 42.5 Å². The van der Waals surface area contributed by atoms with Gasteiger partial charge in [0.25, 0.3) is 0 Å². The standard InChI is InChI=1S/C17H20FNO2/c1-12-6-7-16(18)14(8-12)10-19-11-17(20)13-4-3-5-15(9-13)21-2/h3-9,17,19-20H,10-11H2,1-2H3. The maximum Gasteiger partial charge on any atom is 0.127 e. The summed E-state index contributed by atoms with van der Waals surface area (Å²) in [5, 5.41) is 13.2. The molecule has 21 heavy (non-hydrogen) atoms. The number of hydrogen-bond acceptors (Lipinski definition) is 3. The van der Waals surface area contributed by atoms with Crippen LogP contribution in [0.2, 0.25) is 0 Å². The quantitative estimate of drug-likeness (QED) is 0.859. The van der Waals surface area contributed by atoms with Crippen molar-refractivity contribution >= 4 is 0 Å². The summed E-state index contributed by atoms with van der Waals surface area (Å²) in [5.74, 6) is 0.472. The van der Waals surface area contributed by atoms with Crippen molar-refractivity contribution in [1.29, 1.82) is 0 Å². The SMILES string of the molecule is COc1cccc(C(O)CNCc2cc(C)ccc2F)c1. The number of aliphatic hydroxyl groups is 1. The Hall–Kier alpha value is -1.91. The molecule has 0 heterocycles. The topological polar surface area (TPSA) is 41.5 Å². The van der Waals surface area contributed by atoms with Crippen molar-refractivity contribution in [2.24, 2.45) is 0 Å². The molecule has 2 rings (SSSR count). The second kappa shape index (κ2) is 7.20. The summed E-state index contributed by atoms with van der Waals surface area (Å²) in [4.78, 5) is 0. The molecule has 2 aromatic carbocycles. The summed E-state index contributed by atoms with van der Waals surface area (Å²) in [6, 6.07) is 12.3. The number of nitrogens with one attached hydrogen (secondary N) is 1. The fraction of sp³-hybridized carbons (Fsp3) is 0.294. The number of hydrogen-bond donors (Lipinski definition) is 2. The molecule has 0 amide bonds. The molecule has 0 spiro atoms. The lowest BCUT2D eigenvalue weighted by molar-refractivity contribution is 0.174. The molecule has 0 saturated heterocycles. The van der Waals surface area contributed by atoms with Gasteiger partial charge in [0, 0.05) is 18.7 Å². The number of halogens is 1. The molecule has 1 atom stereocenters. The lowest BCUT2D eigenvalue weighted by Crippen LogP contribution is -2.21. The third kappa shape index (κ3) is 4.28. The molecule has 0 aromatic heterocycles. The molecule has 4 heteroatoms. The minimum Gasteiger partial charge on any atom is -0.497 e. The number of ether oxygens (including phenoxy) is 1. The molecule has 0 aliphatic heterocycles. The van der Waals surface area contributed by atoms with Crippen LogP contribution in [0.1, 0.15) is 22.8 Å². The van der Waals surface area contributed by atoms with E-state index in [2.05, 4.69) is 5.32 Å². The largest absolute Gasteiger partial charge is 0.497 e. The maximum atomic E-state index is 13.6. The Bertz CT molecular complexity index is 601. The van der Waals surface area contributed by atoms with E-state index in [1.165, 1.54) is 6.07 Å². The first-order chi connectivity index (χ1) is 10.1. The smallest absolute Gasteiger partial charge is 0.127 e. The normalized spacial score (nSPS) is 12.2. The van der Waals surface area contributed by atoms with Gasteiger partial charge >= 0.3 is 0 Å². The van der Waals surface area contributed by atoms with Crippen LogP contribution >= 0.6 is 0 Å². The van der Waals surface area contributed by atoms with Crippen molar-refractivity contribution in [2.75, 3.05) is 13.7 Å². The van der Waals surface area contributed by atoms with Gasteiger partial charge in [0.1, 0.15) is 11.6 Å². The van der Waals surface area contributed by atoms with Gasteiger partial charge in [-0.1, -0.05) is 29.8 Å². The number of benzene rings is 2. The molecule has 0 radical (unpaired) electrons. The molecular weight excluding hydrogens is 269 g/mol. The first kappa shape index (κ1) is 15.5. The van der Waals surface area contributed by atoms with Crippen molar-refractivity contribution in [2.45, 2.75) is 19.6 Å². The van der Waals surface area contributed by atoms with Gasteiger partial charge in [-0.2, -0.15) is 0 Å². The van der Waals surface area contributed by atoms with E-state index in [0.717, 1.165) is 11.1 Å². The van der Waals surface area contributed by atoms with Crippen LogP contribution in [0, 0.1) is 12.7 Å². The minimum absolute atomic E-state index is 0.232. The Morgan fingerprint density at radius 3 is 2.81 bits per heavy atom. The predicted molar refractivity (Wildman–Crippen MR) is 80.8 cm³/mol. The van der Waals surface area contributed by atoms with E-state index in [1.807, 2.05) is 25.1 Å². The number of aryl methyl sites for hydroxylation is 1. The van der Waals surface area contributed by atoms with Crippen LogP contribution in [-0.2, 0) is 6.54 Å². The first-order valence-corrected chi connectivity index (χ1v) is 6.88. The predicted octanol–water partition coefficient (Wildman–Crippen LogP) is 2.97. The molecule has 2 aromatic rings. The van der Waals surface area contributed by atoms with Gasteiger partial charge in [-0.05, 0) is 30.7 Å². The van der Waals surface area contributed by atoms with Crippen LogP contribution < -0.4 is 10.1 Å². The molecule has 2 N–H and O–H groups in total. The van der Waals surface area contributed by atoms with Gasteiger partial charge in [0.2, 0.25) is 0 Å². The zero-order valence-electron chi connectivity index (χ0n) is 12.3. The summed E-state index contributed by atoms with van der Waals surface area (Å²) in [5.41, 5.74) is 2.39. The van der Waals surface area contributed by atoms with Crippen molar-refractivity contribution in [3.63, 3.8) is 0 Å². The van der Waals surface area contributed by atoms with Gasteiger partial charge in [0.15, 0.2) is 0 Å². The highest BCUT2D eigenvalue weighted by atomic mass is 19.1. The third-order valence-corrected chi connectivity index (χ3v) is 3.33. The third-order valence-electron chi connectivity index (χ3n) is 3.33. The number of aliphatic hydroxyl groups excluding tert-OH is 1. The van der Waals surface area contributed by atoms with E-state index in [-0.39, 0.29) is 5.82 Å². The molecule has 1 unspecified atom stereocenters. The second-order valence-electron chi connectivity index (χ2n) is 5.02. The summed E-state index contributed by atoms with van der Waals surface area (Å²) in [6.07, 6.45) is -0.659. The van der Waals surface area contributed by atoms with Gasteiger partial charge < -0.3 is 15.2 Å². The summed E-state index contributed by atoms with van der Waals surface area (Å²) < 4.78 is 18.7. The van der Waals surface area contributed by atoms with Crippen LogP contribution in [0.3, 0.4) is 0 Å². The van der Waals surface area contributed by atoms with Crippen LogP contribution in [0.4, 0.5) is 4.39 Å². The fourth-order valence-electron chi connectivity index (χ4n) is 2.15. The van der Waals surface area contributed by atoms with Gasteiger partial charge in [-0.3, -0.25) is 0 Å². The lowest BCUT2D eigenvalue weighted by Gasteiger charge is -2.13. The van der Waals surface area contributed by atoms with Crippen molar-refractivity contribution in [1.82, 2.24) is 5.32 Å². The van der Waals surface area contributed by atoms with Crippen LogP contribution in [0.25, 0.3) is 0 Å². The second-order valence-corrected chi connectivity index (χ2v) is 5.02. The summed E-state index contributed by atoms with van der Waals surface area (Å²) in [7, 11) is 1.59. The van der Waals surface area contributed by atoms with E-state index in [4.69, 9.17) is 4.74 Å². The van der Waals surface area contributed by atoms with E-state index in [0.29, 0.717) is 24.4 Å². The average molecular weight is 289 g/mol. The van der Waals surface area contributed by atoms with Crippen molar-refractivity contribution < 1.29 is 14.2 Å². The highest BCUT2D eigenvalue weighted by Crippen LogP contribution is 2.18. The Morgan fingerprint density at radius 2 is 2.05 bits per heavy atom. The first-order valence-electron chi connectivity index (χ1n) is 6.88. The Morgan fingerprint density at radius 1 is 1.24 bits per heavy atom. The molecular formula is C17H20FNO2. The van der Waals surface area contributed by atoms with Gasteiger partial charge in [-0.15, -0.1) is 0 Å². The van der Waals surface area contributed by atoms with E-state index >= 15 is 0 Å². The van der Waals surface area contributed by atoms with E-state index in [1.54, 1.807) is 25.3 Å². The summed E-state index contributed by atoms with van der Waals surface area (Å²) in [6.45, 7) is 2.66. The average Bonchev–Trinajstić information content (AvgIpc) is 2.50. The van der Waals surface area contributed by atoms with Gasteiger partial charge in [0.05, 0.1) is 13.2 Å². The molecule has 0 saturated carbocycles. The number of methoxy groups -OCH3 is 1. The highest BCUT2D eigenvalue weighted by molar-refractivity contribution is 5.30. The summed E-state index contributed by atoms with van der Waals surface area (Å²) >= 11 is 0. The Kier molecular flexibility index (Phi) is 5.31. The molecule has 0 bridgehead atoms. The molecule has 0 fully saturated rings. The van der Waals surface area contributed by atoms with Crippen LogP contribution in [0.5, 0.6) is 5.75 Å². The Labute approximate surface area is 124 Å². The fourth-order valence-corrected chi connectivity index (χ4v) is 2.15. The molecule has 0 aliphatic carbocycles. The zero-order chi connectivity index (χ0) is 15.2. The van der Waals surface area contributed by atoms with Crippen molar-refractivity contribution in [3.05, 3.63) is 65.0 Å². The van der Waals surface area contributed by atoms with Crippen LogP contribution in [-0.4, -0.2) is 18.8 Å². The minimum atomic E-state index is -0.659. The molecule has 0 aliphatic rings. The molecule has 3 nitrogen and oxygen atoms in total. The van der Waals surface area contributed by atoms with E-state index in [9.17, 15) is 9.50 Å². The van der Waals surface area contributed by atoms with Crippen molar-refractivity contribution in [3.8, 4) is 5.75 Å². The highest BCUT2D eigenvalue weighted by Gasteiger charge is 2.09. The number of rotatable bonds is 6. The van der Waals surface area contributed by atoms with Gasteiger partial charge in [-0.25, -0.2) is 4.39 Å². The zero-order valence-corrected chi connectivity index (χ0v) is 12.3. The Balaban J connectivity index is 1.91. The molecule has 112 valence electrons. The van der Waals surface area contributed by atoms with E-state index < -0.39 is 6.10 Å².